The summed E-state index contributed by atoms with van der Waals surface area (Å²) in [6.45, 7) is 2.76. The van der Waals surface area contributed by atoms with Crippen LogP contribution < -0.4 is 15.2 Å². The van der Waals surface area contributed by atoms with Crippen molar-refractivity contribution in [2.45, 2.75) is 25.6 Å². The molecule has 1 aliphatic rings. The average Bonchev–Trinajstić information content (AvgIpc) is 3.50. The Morgan fingerprint density at radius 3 is 2.86 bits per heavy atom. The SMILES string of the molecule is C[C@@H](Oc1cc(-n2cnc3ccc(C#N)cc32)sc1C(N)=O)c1cccc(OC2C=CN(C)CC2)c1Cl. The lowest BCUT2D eigenvalue weighted by Crippen LogP contribution is -2.27. The summed E-state index contributed by atoms with van der Waals surface area (Å²) in [6, 6.07) is 14.7. The van der Waals surface area contributed by atoms with Crippen LogP contribution in [-0.2, 0) is 0 Å². The first-order valence-electron chi connectivity index (χ1n) is 11.7. The standard InChI is InChI=1S/C27H24ClN5O3S/c1-16(19-4-3-5-22(25(19)28)36-18-8-10-32(2)11-9-18)35-23-13-24(37-26(23)27(30)34)33-15-31-20-7-6-17(14-29)12-21(20)33/h3-8,10,12-13,15-16,18H,9,11H2,1-2H3,(H2,30,34)/t16-,18?/m1/s1. The van der Waals surface area contributed by atoms with Crippen LogP contribution >= 0.6 is 22.9 Å². The van der Waals surface area contributed by atoms with E-state index < -0.39 is 12.0 Å². The van der Waals surface area contributed by atoms with Gasteiger partial charge in [0.2, 0.25) is 0 Å². The highest BCUT2D eigenvalue weighted by atomic mass is 35.5. The Morgan fingerprint density at radius 1 is 1.30 bits per heavy atom. The van der Waals surface area contributed by atoms with Gasteiger partial charge in [0.25, 0.3) is 5.91 Å². The number of primary amides is 1. The second-order valence-corrected chi connectivity index (χ2v) is 10.2. The number of rotatable bonds is 7. The van der Waals surface area contributed by atoms with E-state index in [1.165, 1.54) is 11.3 Å². The molecule has 2 aromatic carbocycles. The highest BCUT2D eigenvalue weighted by molar-refractivity contribution is 7.16. The lowest BCUT2D eigenvalue weighted by molar-refractivity contribution is 0.0998. The first kappa shape index (κ1) is 24.7. The highest BCUT2D eigenvalue weighted by Crippen LogP contribution is 2.39. The number of nitrogens with zero attached hydrogens (tertiary/aromatic N) is 4. The van der Waals surface area contributed by atoms with Crippen molar-refractivity contribution in [3.63, 3.8) is 0 Å². The van der Waals surface area contributed by atoms with Gasteiger partial charge in [-0.3, -0.25) is 9.36 Å². The number of ether oxygens (including phenoxy) is 2. The average molecular weight is 534 g/mol. The van der Waals surface area contributed by atoms with Crippen LogP contribution in [0.2, 0.25) is 5.02 Å². The van der Waals surface area contributed by atoms with Crippen molar-refractivity contribution < 1.29 is 14.3 Å². The molecule has 2 atom stereocenters. The Kier molecular flexibility index (Phi) is 6.78. The van der Waals surface area contributed by atoms with Gasteiger partial charge >= 0.3 is 0 Å². The molecule has 0 spiro atoms. The molecule has 10 heteroatoms. The largest absolute Gasteiger partial charge is 0.485 e. The van der Waals surface area contributed by atoms with Gasteiger partial charge in [-0.1, -0.05) is 23.7 Å². The molecular formula is C27H24ClN5O3S. The van der Waals surface area contributed by atoms with Crippen LogP contribution in [0.15, 0.2) is 61.1 Å². The lowest BCUT2D eigenvalue weighted by Gasteiger charge is -2.26. The zero-order valence-electron chi connectivity index (χ0n) is 20.2. The molecule has 3 heterocycles. The molecule has 0 saturated heterocycles. The number of hydrogen-bond acceptors (Lipinski definition) is 7. The third-order valence-electron chi connectivity index (χ3n) is 6.16. The highest BCUT2D eigenvalue weighted by Gasteiger charge is 2.23. The van der Waals surface area contributed by atoms with Crippen LogP contribution in [-0.4, -0.2) is 40.1 Å². The molecule has 188 valence electrons. The number of thiophene rings is 1. The number of nitrogens with two attached hydrogens (primary N) is 1. The first-order valence-corrected chi connectivity index (χ1v) is 12.8. The number of benzene rings is 2. The fourth-order valence-electron chi connectivity index (χ4n) is 4.19. The van der Waals surface area contributed by atoms with Crippen LogP contribution in [0.3, 0.4) is 0 Å². The summed E-state index contributed by atoms with van der Waals surface area (Å²) in [7, 11) is 2.02. The smallest absolute Gasteiger partial charge is 0.262 e. The van der Waals surface area contributed by atoms with E-state index in [1.54, 1.807) is 35.2 Å². The summed E-state index contributed by atoms with van der Waals surface area (Å²) in [4.78, 5) is 19.1. The summed E-state index contributed by atoms with van der Waals surface area (Å²) in [6.07, 6.45) is 5.96. The molecule has 1 unspecified atom stereocenters. The Hall–Kier alpha value is -4.00. The van der Waals surface area contributed by atoms with Gasteiger partial charge in [-0.05, 0) is 43.5 Å². The van der Waals surface area contributed by atoms with Crippen molar-refractivity contribution in [1.82, 2.24) is 14.5 Å². The Morgan fingerprint density at radius 2 is 2.14 bits per heavy atom. The summed E-state index contributed by atoms with van der Waals surface area (Å²) >= 11 is 7.93. The van der Waals surface area contributed by atoms with Gasteiger partial charge in [0, 0.05) is 31.6 Å². The van der Waals surface area contributed by atoms with E-state index in [9.17, 15) is 10.1 Å². The van der Waals surface area contributed by atoms with Gasteiger partial charge in [-0.25, -0.2) is 4.98 Å². The van der Waals surface area contributed by atoms with Gasteiger partial charge in [-0.2, -0.15) is 5.26 Å². The quantitative estimate of drug-likeness (QED) is 0.338. The second-order valence-electron chi connectivity index (χ2n) is 8.76. The number of carbonyl (C=O) groups is 1. The number of fused-ring (bicyclic) bond motifs is 1. The molecule has 2 N–H and O–H groups in total. The third kappa shape index (κ3) is 4.99. The molecule has 5 rings (SSSR count). The minimum atomic E-state index is -0.599. The van der Waals surface area contributed by atoms with E-state index >= 15 is 0 Å². The van der Waals surface area contributed by atoms with Crippen molar-refractivity contribution in [1.29, 1.82) is 5.26 Å². The van der Waals surface area contributed by atoms with E-state index in [2.05, 4.69) is 16.0 Å². The van der Waals surface area contributed by atoms with Crippen LogP contribution in [0.5, 0.6) is 11.5 Å². The number of imidazole rings is 1. The maximum absolute atomic E-state index is 12.3. The topological polar surface area (TPSA) is 106 Å². The van der Waals surface area contributed by atoms with E-state index in [1.807, 2.05) is 44.4 Å². The number of nitriles is 1. The third-order valence-corrected chi connectivity index (χ3v) is 7.69. The molecule has 1 aliphatic heterocycles. The Bertz CT molecular complexity index is 1550. The molecule has 0 bridgehead atoms. The predicted octanol–water partition coefficient (Wildman–Crippen LogP) is 5.45. The van der Waals surface area contributed by atoms with Crippen LogP contribution in [0.1, 0.15) is 40.2 Å². The fourth-order valence-corrected chi connectivity index (χ4v) is 5.44. The van der Waals surface area contributed by atoms with Crippen molar-refractivity contribution in [2.24, 2.45) is 5.73 Å². The first-order chi connectivity index (χ1) is 17.8. The maximum atomic E-state index is 12.3. The summed E-state index contributed by atoms with van der Waals surface area (Å²) in [5.41, 5.74) is 8.40. The summed E-state index contributed by atoms with van der Waals surface area (Å²) in [5.74, 6) is 0.324. The van der Waals surface area contributed by atoms with Crippen molar-refractivity contribution >= 4 is 39.9 Å². The molecule has 37 heavy (non-hydrogen) atoms. The van der Waals surface area contributed by atoms with Gasteiger partial charge in [0.05, 0.1) is 27.7 Å². The summed E-state index contributed by atoms with van der Waals surface area (Å²) in [5, 5.41) is 10.4. The minimum absolute atomic E-state index is 0.0624. The van der Waals surface area contributed by atoms with E-state index in [0.29, 0.717) is 27.1 Å². The van der Waals surface area contributed by atoms with Gasteiger partial charge < -0.3 is 20.1 Å². The van der Waals surface area contributed by atoms with Gasteiger partial charge in [0.15, 0.2) is 0 Å². The van der Waals surface area contributed by atoms with Crippen LogP contribution in [0, 0.1) is 11.3 Å². The van der Waals surface area contributed by atoms with Gasteiger partial charge in [-0.15, -0.1) is 11.3 Å². The van der Waals surface area contributed by atoms with Crippen molar-refractivity contribution in [2.75, 3.05) is 13.6 Å². The number of amides is 1. The van der Waals surface area contributed by atoms with Crippen LogP contribution in [0.25, 0.3) is 16.0 Å². The van der Waals surface area contributed by atoms with E-state index in [0.717, 1.165) is 29.6 Å². The molecule has 0 fully saturated rings. The Labute approximate surface area is 223 Å². The number of aromatic nitrogens is 2. The zero-order chi connectivity index (χ0) is 26.1. The normalized spacial score (nSPS) is 15.9. The predicted molar refractivity (Wildman–Crippen MR) is 143 cm³/mol. The molecule has 0 aliphatic carbocycles. The zero-order valence-corrected chi connectivity index (χ0v) is 21.8. The molecule has 8 nitrogen and oxygen atoms in total. The minimum Gasteiger partial charge on any atom is -0.485 e. The fraction of sp³-hybridized carbons (Fsp3) is 0.222. The lowest BCUT2D eigenvalue weighted by atomic mass is 10.1. The van der Waals surface area contributed by atoms with Crippen molar-refractivity contribution in [3.8, 4) is 22.6 Å². The monoisotopic (exact) mass is 533 g/mol. The van der Waals surface area contributed by atoms with Crippen molar-refractivity contribution in [3.05, 3.63) is 82.1 Å². The molecule has 2 aromatic heterocycles. The number of halogens is 1. The van der Waals surface area contributed by atoms with E-state index in [-0.39, 0.29) is 11.0 Å². The van der Waals surface area contributed by atoms with Gasteiger partial charge in [0.1, 0.15) is 39.9 Å². The summed E-state index contributed by atoms with van der Waals surface area (Å²) < 4.78 is 14.2. The molecular weight excluding hydrogens is 510 g/mol. The number of carbonyl (C=O) groups excluding carboxylic acids is 1. The maximum Gasteiger partial charge on any atom is 0.262 e. The Balaban J connectivity index is 1.43. The van der Waals surface area contributed by atoms with E-state index in [4.69, 9.17) is 26.8 Å². The molecule has 0 saturated carbocycles. The number of hydrogen-bond donors (Lipinski definition) is 1. The van der Waals surface area contributed by atoms with Crippen LogP contribution in [0.4, 0.5) is 0 Å². The molecule has 4 aromatic rings. The second kappa shape index (κ2) is 10.2. The molecule has 0 radical (unpaired) electrons. The molecule has 1 amide bonds.